The summed E-state index contributed by atoms with van der Waals surface area (Å²) in [5.74, 6) is -0.570. The molecule has 0 aliphatic rings. The van der Waals surface area contributed by atoms with Crippen LogP contribution in [0.5, 0.6) is 0 Å². The highest BCUT2D eigenvalue weighted by atomic mass is 19.1. The largest absolute Gasteiger partial charge is 0.294 e. The van der Waals surface area contributed by atoms with Gasteiger partial charge in [0.2, 0.25) is 0 Å². The number of halogens is 1. The van der Waals surface area contributed by atoms with Crippen LogP contribution < -0.4 is 5.56 Å². The summed E-state index contributed by atoms with van der Waals surface area (Å²) in [4.78, 5) is 16.7. The Labute approximate surface area is 132 Å². The average Bonchev–Trinajstić information content (AvgIpc) is 2.59. The molecule has 0 N–H and O–H groups in total. The van der Waals surface area contributed by atoms with Gasteiger partial charge in [0.05, 0.1) is 24.0 Å². The molecule has 4 nitrogen and oxygen atoms in total. The van der Waals surface area contributed by atoms with Gasteiger partial charge in [0.15, 0.2) is 0 Å². The molecular formula is C18H12FN3O. The molecule has 0 bridgehead atoms. The fraction of sp³-hybridized carbons (Fsp3) is 0.0556. The minimum absolute atomic E-state index is 0.0391. The van der Waals surface area contributed by atoms with E-state index in [1.165, 1.54) is 29.2 Å². The molecule has 0 saturated heterocycles. The molecule has 2 aromatic carbocycles. The van der Waals surface area contributed by atoms with Gasteiger partial charge in [0, 0.05) is 6.20 Å². The lowest BCUT2D eigenvalue weighted by atomic mass is 10.1. The Kier molecular flexibility index (Phi) is 3.98. The summed E-state index contributed by atoms with van der Waals surface area (Å²) in [7, 11) is 0. The molecule has 0 amide bonds. The molecule has 0 aliphatic heterocycles. The first-order valence-electron chi connectivity index (χ1n) is 6.97. The summed E-state index contributed by atoms with van der Waals surface area (Å²) < 4.78 is 14.8. The molecule has 0 saturated carbocycles. The van der Waals surface area contributed by atoms with Crippen LogP contribution in [0, 0.1) is 17.1 Å². The fourth-order valence-corrected chi connectivity index (χ4v) is 2.33. The van der Waals surface area contributed by atoms with Crippen molar-refractivity contribution in [1.82, 2.24) is 9.55 Å². The van der Waals surface area contributed by atoms with E-state index in [9.17, 15) is 9.18 Å². The summed E-state index contributed by atoms with van der Waals surface area (Å²) in [6.07, 6.45) is 2.96. The van der Waals surface area contributed by atoms with E-state index in [-0.39, 0.29) is 17.7 Å². The van der Waals surface area contributed by atoms with Crippen LogP contribution in [0.15, 0.2) is 65.8 Å². The van der Waals surface area contributed by atoms with Crippen LogP contribution in [0.2, 0.25) is 0 Å². The minimum atomic E-state index is -0.570. The van der Waals surface area contributed by atoms with Crippen LogP contribution in [0.25, 0.3) is 11.1 Å². The number of hydrogen-bond donors (Lipinski definition) is 0. The number of nitriles is 1. The van der Waals surface area contributed by atoms with Crippen molar-refractivity contribution in [3.05, 3.63) is 88.4 Å². The van der Waals surface area contributed by atoms with E-state index in [4.69, 9.17) is 5.26 Å². The smallest absolute Gasteiger partial charge is 0.261 e. The third kappa shape index (κ3) is 3.01. The zero-order chi connectivity index (χ0) is 16.2. The van der Waals surface area contributed by atoms with E-state index in [2.05, 4.69) is 4.98 Å². The van der Waals surface area contributed by atoms with Crippen LogP contribution in [-0.2, 0) is 6.54 Å². The van der Waals surface area contributed by atoms with Crippen molar-refractivity contribution in [2.24, 2.45) is 0 Å². The average molecular weight is 305 g/mol. The van der Waals surface area contributed by atoms with Gasteiger partial charge in [0.1, 0.15) is 11.9 Å². The van der Waals surface area contributed by atoms with Crippen LogP contribution in [0.4, 0.5) is 4.39 Å². The molecule has 0 atom stereocenters. The van der Waals surface area contributed by atoms with Gasteiger partial charge in [-0.2, -0.15) is 5.26 Å². The van der Waals surface area contributed by atoms with Crippen LogP contribution in [0.1, 0.15) is 11.1 Å². The lowest BCUT2D eigenvalue weighted by Crippen LogP contribution is -2.22. The summed E-state index contributed by atoms with van der Waals surface area (Å²) in [5.41, 5.74) is 1.72. The lowest BCUT2D eigenvalue weighted by Gasteiger charge is -2.08. The lowest BCUT2D eigenvalue weighted by molar-refractivity contribution is 0.622. The van der Waals surface area contributed by atoms with Crippen LogP contribution in [0.3, 0.4) is 0 Å². The third-order valence-electron chi connectivity index (χ3n) is 3.49. The maximum absolute atomic E-state index is 13.4. The summed E-state index contributed by atoms with van der Waals surface area (Å²) in [6, 6.07) is 15.3. The molecule has 1 aromatic heterocycles. The van der Waals surface area contributed by atoms with Crippen LogP contribution >= 0.6 is 0 Å². The zero-order valence-corrected chi connectivity index (χ0v) is 12.1. The summed E-state index contributed by atoms with van der Waals surface area (Å²) in [5, 5.41) is 8.89. The van der Waals surface area contributed by atoms with Crippen molar-refractivity contribution in [2.45, 2.75) is 6.54 Å². The second kappa shape index (κ2) is 6.24. The van der Waals surface area contributed by atoms with E-state index >= 15 is 0 Å². The van der Waals surface area contributed by atoms with Crippen LogP contribution in [-0.4, -0.2) is 9.55 Å². The van der Waals surface area contributed by atoms with Crippen molar-refractivity contribution in [2.75, 3.05) is 0 Å². The standard InChI is InChI=1S/C18H12FN3O/c19-17-7-6-13(8-15(17)9-20)11-22-12-21-10-16(18(22)23)14-4-2-1-3-5-14/h1-8,10,12H,11H2. The Morgan fingerprint density at radius 2 is 1.96 bits per heavy atom. The molecule has 23 heavy (non-hydrogen) atoms. The number of aromatic nitrogens is 2. The van der Waals surface area contributed by atoms with Gasteiger partial charge in [-0.3, -0.25) is 9.36 Å². The van der Waals surface area contributed by atoms with Crippen molar-refractivity contribution < 1.29 is 4.39 Å². The molecule has 5 heteroatoms. The SMILES string of the molecule is N#Cc1cc(Cn2cncc(-c3ccccc3)c2=O)ccc1F. The van der Waals surface area contributed by atoms with Gasteiger partial charge >= 0.3 is 0 Å². The molecule has 1 heterocycles. The molecule has 0 radical (unpaired) electrons. The van der Waals surface area contributed by atoms with E-state index in [0.717, 1.165) is 5.56 Å². The van der Waals surface area contributed by atoms with Gasteiger partial charge in [-0.05, 0) is 23.3 Å². The quantitative estimate of drug-likeness (QED) is 0.747. The van der Waals surface area contributed by atoms with Crippen molar-refractivity contribution in [3.8, 4) is 17.2 Å². The van der Waals surface area contributed by atoms with Crippen molar-refractivity contribution >= 4 is 0 Å². The van der Waals surface area contributed by atoms with Crippen molar-refractivity contribution in [3.63, 3.8) is 0 Å². The zero-order valence-electron chi connectivity index (χ0n) is 12.1. The first-order chi connectivity index (χ1) is 11.2. The molecular weight excluding hydrogens is 293 g/mol. The van der Waals surface area contributed by atoms with Crippen molar-refractivity contribution in [1.29, 1.82) is 5.26 Å². The Morgan fingerprint density at radius 3 is 2.70 bits per heavy atom. The van der Waals surface area contributed by atoms with Gasteiger partial charge in [-0.15, -0.1) is 0 Å². The first-order valence-corrected chi connectivity index (χ1v) is 6.97. The Morgan fingerprint density at radius 1 is 1.17 bits per heavy atom. The van der Waals surface area contributed by atoms with E-state index in [0.29, 0.717) is 11.1 Å². The minimum Gasteiger partial charge on any atom is -0.294 e. The molecule has 0 aliphatic carbocycles. The Hall–Kier alpha value is -3.26. The number of hydrogen-bond acceptors (Lipinski definition) is 3. The molecule has 112 valence electrons. The van der Waals surface area contributed by atoms with Gasteiger partial charge in [-0.25, -0.2) is 9.37 Å². The Bertz CT molecular complexity index is 942. The normalized spacial score (nSPS) is 10.3. The topological polar surface area (TPSA) is 58.7 Å². The predicted molar refractivity (Wildman–Crippen MR) is 84.2 cm³/mol. The fourth-order valence-electron chi connectivity index (χ4n) is 2.33. The molecule has 3 rings (SSSR count). The molecule has 0 unspecified atom stereocenters. The van der Waals surface area contributed by atoms with E-state index < -0.39 is 5.82 Å². The summed E-state index contributed by atoms with van der Waals surface area (Å²) in [6.45, 7) is 0.224. The Balaban J connectivity index is 1.99. The van der Waals surface area contributed by atoms with E-state index in [1.54, 1.807) is 12.1 Å². The van der Waals surface area contributed by atoms with Gasteiger partial charge < -0.3 is 0 Å². The maximum atomic E-state index is 13.4. The van der Waals surface area contributed by atoms with E-state index in [1.807, 2.05) is 30.3 Å². The monoisotopic (exact) mass is 305 g/mol. The highest BCUT2D eigenvalue weighted by Gasteiger charge is 2.08. The molecule has 3 aromatic rings. The second-order valence-corrected chi connectivity index (χ2v) is 5.03. The van der Waals surface area contributed by atoms with Gasteiger partial charge in [-0.1, -0.05) is 36.4 Å². The molecule has 0 fully saturated rings. The number of rotatable bonds is 3. The maximum Gasteiger partial charge on any atom is 0.261 e. The highest BCUT2D eigenvalue weighted by Crippen LogP contribution is 2.14. The number of benzene rings is 2. The number of nitrogens with zero attached hydrogens (tertiary/aromatic N) is 3. The first kappa shape index (κ1) is 14.7. The summed E-state index contributed by atoms with van der Waals surface area (Å²) >= 11 is 0. The second-order valence-electron chi connectivity index (χ2n) is 5.03. The predicted octanol–water partition coefficient (Wildman–Crippen LogP) is 2.97. The highest BCUT2D eigenvalue weighted by molar-refractivity contribution is 5.60. The van der Waals surface area contributed by atoms with Gasteiger partial charge in [0.25, 0.3) is 5.56 Å². The third-order valence-corrected chi connectivity index (χ3v) is 3.49. The molecule has 0 spiro atoms.